The average Bonchev–Trinajstić information content (AvgIpc) is 3.22. The van der Waals surface area contributed by atoms with Crippen molar-refractivity contribution in [3.63, 3.8) is 0 Å². The predicted molar refractivity (Wildman–Crippen MR) is 113 cm³/mol. The van der Waals surface area contributed by atoms with Crippen LogP contribution in [0.1, 0.15) is 28.6 Å². The number of rotatable bonds is 6. The predicted octanol–water partition coefficient (Wildman–Crippen LogP) is 4.98. The zero-order valence-corrected chi connectivity index (χ0v) is 16.6. The van der Waals surface area contributed by atoms with Crippen LogP contribution in [0.5, 0.6) is 0 Å². The normalized spacial score (nSPS) is 10.9. The number of anilines is 1. The Morgan fingerprint density at radius 3 is 2.50 bits per heavy atom. The molecule has 0 spiro atoms. The third kappa shape index (κ3) is 4.83. The van der Waals surface area contributed by atoms with Gasteiger partial charge in [0.1, 0.15) is 23.2 Å². The molecule has 0 aliphatic rings. The average molecular weight is 400 g/mol. The number of nitriles is 1. The highest BCUT2D eigenvalue weighted by Crippen LogP contribution is 2.24. The van der Waals surface area contributed by atoms with Gasteiger partial charge in [0, 0.05) is 17.3 Å². The molecule has 0 radical (unpaired) electrons. The summed E-state index contributed by atoms with van der Waals surface area (Å²) < 4.78 is 10.7. The van der Waals surface area contributed by atoms with Gasteiger partial charge in [0.25, 0.3) is 5.91 Å². The number of amides is 1. The lowest BCUT2D eigenvalue weighted by molar-refractivity contribution is -0.112. The second-order valence-electron chi connectivity index (χ2n) is 6.44. The first kappa shape index (κ1) is 20.6. The van der Waals surface area contributed by atoms with Gasteiger partial charge in [-0.25, -0.2) is 4.79 Å². The lowest BCUT2D eigenvalue weighted by atomic mass is 10.1. The summed E-state index contributed by atoms with van der Waals surface area (Å²) in [5.74, 6) is 0.0261. The maximum absolute atomic E-state index is 12.4. The van der Waals surface area contributed by atoms with Crippen LogP contribution in [0.3, 0.4) is 0 Å². The van der Waals surface area contributed by atoms with E-state index in [1.807, 2.05) is 31.2 Å². The standard InChI is InChI=1S/C24H20N2O4/c1-3-29-24(28)18-10-8-17(9-11-18)22-13-12-20(30-22)14-19(15-25)23(27)26-21-7-5-4-6-16(21)2/h4-14H,3H2,1-2H3,(H,26,27)/b19-14+. The fourth-order valence-corrected chi connectivity index (χ4v) is 2.76. The number of benzene rings is 2. The quantitative estimate of drug-likeness (QED) is 0.358. The lowest BCUT2D eigenvalue weighted by Crippen LogP contribution is -2.14. The molecule has 6 nitrogen and oxygen atoms in total. The fourth-order valence-electron chi connectivity index (χ4n) is 2.76. The molecule has 3 rings (SSSR count). The summed E-state index contributed by atoms with van der Waals surface area (Å²) in [6, 6.07) is 19.4. The van der Waals surface area contributed by atoms with Crippen LogP contribution in [0.2, 0.25) is 0 Å². The van der Waals surface area contributed by atoms with Crippen LogP contribution in [0, 0.1) is 18.3 Å². The summed E-state index contributed by atoms with van der Waals surface area (Å²) in [5.41, 5.74) is 2.68. The largest absolute Gasteiger partial charge is 0.462 e. The smallest absolute Gasteiger partial charge is 0.338 e. The van der Waals surface area contributed by atoms with Crippen molar-refractivity contribution in [2.75, 3.05) is 11.9 Å². The first-order valence-corrected chi connectivity index (χ1v) is 9.38. The minimum absolute atomic E-state index is 0.0724. The molecule has 0 aliphatic carbocycles. The molecule has 30 heavy (non-hydrogen) atoms. The molecule has 1 heterocycles. The fraction of sp³-hybridized carbons (Fsp3) is 0.125. The van der Waals surface area contributed by atoms with Gasteiger partial charge in [-0.3, -0.25) is 4.79 Å². The van der Waals surface area contributed by atoms with E-state index in [1.54, 1.807) is 49.4 Å². The minimum atomic E-state index is -0.511. The number of nitrogens with zero attached hydrogens (tertiary/aromatic N) is 1. The van der Waals surface area contributed by atoms with Crippen molar-refractivity contribution < 1.29 is 18.7 Å². The third-order valence-electron chi connectivity index (χ3n) is 4.35. The van der Waals surface area contributed by atoms with Gasteiger partial charge in [0.05, 0.1) is 12.2 Å². The van der Waals surface area contributed by atoms with E-state index >= 15 is 0 Å². The molecular weight excluding hydrogens is 380 g/mol. The Labute approximate surface area is 174 Å². The van der Waals surface area contributed by atoms with Crippen molar-refractivity contribution >= 4 is 23.6 Å². The first-order valence-electron chi connectivity index (χ1n) is 9.38. The maximum atomic E-state index is 12.4. The Bertz CT molecular complexity index is 1130. The van der Waals surface area contributed by atoms with E-state index in [0.29, 0.717) is 29.4 Å². The molecule has 6 heteroatoms. The van der Waals surface area contributed by atoms with E-state index in [9.17, 15) is 14.9 Å². The number of carbonyl (C=O) groups is 2. The molecule has 1 N–H and O–H groups in total. The SMILES string of the molecule is CCOC(=O)c1ccc(-c2ccc(/C=C(\C#N)C(=O)Nc3ccccc3C)o2)cc1. The van der Waals surface area contributed by atoms with Gasteiger partial charge in [-0.05, 0) is 49.7 Å². The van der Waals surface area contributed by atoms with Crippen molar-refractivity contribution in [1.29, 1.82) is 5.26 Å². The molecule has 0 bridgehead atoms. The molecule has 150 valence electrons. The Hall–Kier alpha value is -4.11. The first-order chi connectivity index (χ1) is 14.5. The number of hydrogen-bond donors (Lipinski definition) is 1. The number of furan rings is 1. The summed E-state index contributed by atoms with van der Waals surface area (Å²) in [6.07, 6.45) is 1.39. The number of carbonyl (C=O) groups excluding carboxylic acids is 2. The Morgan fingerprint density at radius 1 is 1.10 bits per heavy atom. The number of esters is 1. The van der Waals surface area contributed by atoms with Gasteiger partial charge in [-0.2, -0.15) is 5.26 Å². The highest BCUT2D eigenvalue weighted by molar-refractivity contribution is 6.09. The van der Waals surface area contributed by atoms with E-state index in [-0.39, 0.29) is 11.5 Å². The second-order valence-corrected chi connectivity index (χ2v) is 6.44. The summed E-state index contributed by atoms with van der Waals surface area (Å²) in [7, 11) is 0. The van der Waals surface area contributed by atoms with Crippen molar-refractivity contribution in [1.82, 2.24) is 0 Å². The lowest BCUT2D eigenvalue weighted by Gasteiger charge is -2.06. The molecular formula is C24H20N2O4. The molecule has 0 saturated heterocycles. The second kappa shape index (κ2) is 9.39. The number of aryl methyl sites for hydroxylation is 1. The summed E-state index contributed by atoms with van der Waals surface area (Å²) in [5, 5.41) is 12.1. The molecule has 0 fully saturated rings. The van der Waals surface area contributed by atoms with Crippen LogP contribution in [-0.2, 0) is 9.53 Å². The van der Waals surface area contributed by atoms with Crippen LogP contribution in [0.15, 0.2) is 70.7 Å². The monoisotopic (exact) mass is 400 g/mol. The zero-order chi connectivity index (χ0) is 21.5. The topological polar surface area (TPSA) is 92.3 Å². The number of nitrogens with one attached hydrogen (secondary N) is 1. The van der Waals surface area contributed by atoms with Crippen LogP contribution in [0.4, 0.5) is 5.69 Å². The third-order valence-corrected chi connectivity index (χ3v) is 4.35. The Morgan fingerprint density at radius 2 is 1.83 bits per heavy atom. The van der Waals surface area contributed by atoms with Crippen molar-refractivity contribution in [3.8, 4) is 17.4 Å². The Balaban J connectivity index is 1.76. The van der Waals surface area contributed by atoms with Crippen molar-refractivity contribution in [2.24, 2.45) is 0 Å². The van der Waals surface area contributed by atoms with E-state index in [2.05, 4.69) is 5.32 Å². The molecule has 0 saturated carbocycles. The van der Waals surface area contributed by atoms with Crippen LogP contribution >= 0.6 is 0 Å². The molecule has 0 aliphatic heterocycles. The molecule has 3 aromatic rings. The molecule has 1 aromatic heterocycles. The number of para-hydroxylation sites is 1. The summed E-state index contributed by atoms with van der Waals surface area (Å²) in [6.45, 7) is 3.94. The van der Waals surface area contributed by atoms with E-state index in [0.717, 1.165) is 11.1 Å². The zero-order valence-electron chi connectivity index (χ0n) is 16.6. The molecule has 1 amide bonds. The van der Waals surface area contributed by atoms with Crippen LogP contribution < -0.4 is 5.32 Å². The van der Waals surface area contributed by atoms with Crippen molar-refractivity contribution in [2.45, 2.75) is 13.8 Å². The van der Waals surface area contributed by atoms with Gasteiger partial charge in [-0.15, -0.1) is 0 Å². The maximum Gasteiger partial charge on any atom is 0.338 e. The molecule has 2 aromatic carbocycles. The van der Waals surface area contributed by atoms with E-state index in [4.69, 9.17) is 9.15 Å². The van der Waals surface area contributed by atoms with Gasteiger partial charge in [0.2, 0.25) is 0 Å². The molecule has 0 unspecified atom stereocenters. The van der Waals surface area contributed by atoms with Gasteiger partial charge in [-0.1, -0.05) is 30.3 Å². The highest BCUT2D eigenvalue weighted by Gasteiger charge is 2.13. The summed E-state index contributed by atoms with van der Waals surface area (Å²) >= 11 is 0. The van der Waals surface area contributed by atoms with Crippen LogP contribution in [0.25, 0.3) is 17.4 Å². The van der Waals surface area contributed by atoms with Crippen molar-refractivity contribution in [3.05, 3.63) is 83.1 Å². The number of hydrogen-bond acceptors (Lipinski definition) is 5. The number of ether oxygens (including phenoxy) is 1. The minimum Gasteiger partial charge on any atom is -0.462 e. The van der Waals surface area contributed by atoms with Gasteiger partial charge < -0.3 is 14.5 Å². The van der Waals surface area contributed by atoms with Gasteiger partial charge in [0.15, 0.2) is 0 Å². The Kier molecular flexibility index (Phi) is 6.46. The highest BCUT2D eigenvalue weighted by atomic mass is 16.5. The van der Waals surface area contributed by atoms with Gasteiger partial charge >= 0.3 is 5.97 Å². The van der Waals surface area contributed by atoms with E-state index < -0.39 is 5.91 Å². The van der Waals surface area contributed by atoms with E-state index in [1.165, 1.54) is 6.08 Å². The molecule has 0 atom stereocenters. The van der Waals surface area contributed by atoms with Crippen LogP contribution in [-0.4, -0.2) is 18.5 Å². The summed E-state index contributed by atoms with van der Waals surface area (Å²) in [4.78, 5) is 24.2.